The first-order chi connectivity index (χ1) is 6.93. The minimum absolute atomic E-state index is 0.490. The van der Waals surface area contributed by atoms with E-state index in [1.807, 2.05) is 0 Å². The second-order valence-corrected chi connectivity index (χ2v) is 2.59. The molecular weight excluding hydrogens is 215 g/mol. The van der Waals surface area contributed by atoms with E-state index in [4.69, 9.17) is 0 Å². The van der Waals surface area contributed by atoms with Crippen LogP contribution >= 0.6 is 0 Å². The van der Waals surface area contributed by atoms with Crippen molar-refractivity contribution in [2.24, 2.45) is 0 Å². The van der Waals surface area contributed by atoms with Crippen molar-refractivity contribution in [1.29, 1.82) is 0 Å². The van der Waals surface area contributed by atoms with Crippen LogP contribution in [0.1, 0.15) is 10.4 Å². The Kier molecular flexibility index (Phi) is 3.03. The maximum Gasteiger partial charge on any atom is 0.300 e. The number of hydrogen-bond donors (Lipinski definition) is 0. The summed E-state index contributed by atoms with van der Waals surface area (Å²) in [6, 6.07) is 1.88. The third kappa shape index (κ3) is 2.30. The van der Waals surface area contributed by atoms with E-state index >= 15 is 0 Å². The number of non-ortho nitro benzene ring substituents is 1. The average molecular weight is 219 g/mol. The summed E-state index contributed by atoms with van der Waals surface area (Å²) in [7, 11) is 0. The van der Waals surface area contributed by atoms with Crippen molar-refractivity contribution in [3.05, 3.63) is 39.7 Å². The zero-order valence-corrected chi connectivity index (χ0v) is 7.12. The first-order valence-electron chi connectivity index (χ1n) is 3.70. The molecule has 80 valence electrons. The number of benzene rings is 1. The molecule has 0 saturated carbocycles. The summed E-state index contributed by atoms with van der Waals surface area (Å²) in [5.41, 5.74) is -1.58. The van der Waals surface area contributed by atoms with Crippen LogP contribution in [0.2, 0.25) is 0 Å². The molecule has 0 fully saturated rings. The van der Waals surface area contributed by atoms with Crippen molar-refractivity contribution < 1.29 is 22.9 Å². The number of rotatable bonds is 3. The molecular formula is C8H4F3NO3. The van der Waals surface area contributed by atoms with Gasteiger partial charge in [0.25, 0.3) is 5.69 Å². The molecule has 0 aliphatic rings. The molecule has 0 atom stereocenters. The molecule has 1 aromatic rings. The lowest BCUT2D eigenvalue weighted by Gasteiger charge is -2.00. The number of nitro benzene ring substituents is 1. The van der Waals surface area contributed by atoms with Crippen molar-refractivity contribution in [2.75, 3.05) is 0 Å². The standard InChI is InChI=1S/C8H4F3NO3/c9-6-2-1-4(12(14)15)3-5(6)7(13)8(10)11/h1-3,8H. The van der Waals surface area contributed by atoms with Gasteiger partial charge in [-0.05, 0) is 6.07 Å². The van der Waals surface area contributed by atoms with Crippen LogP contribution in [0.3, 0.4) is 0 Å². The van der Waals surface area contributed by atoms with Crippen molar-refractivity contribution in [1.82, 2.24) is 0 Å². The van der Waals surface area contributed by atoms with Gasteiger partial charge in [-0.1, -0.05) is 0 Å². The van der Waals surface area contributed by atoms with Gasteiger partial charge >= 0.3 is 6.43 Å². The summed E-state index contributed by atoms with van der Waals surface area (Å²) in [5, 5.41) is 10.2. The highest BCUT2D eigenvalue weighted by Crippen LogP contribution is 2.19. The number of ketones is 1. The Hall–Kier alpha value is -1.92. The quantitative estimate of drug-likeness (QED) is 0.444. The largest absolute Gasteiger partial charge is 0.300 e. The number of nitro groups is 1. The van der Waals surface area contributed by atoms with E-state index in [-0.39, 0.29) is 0 Å². The Morgan fingerprint density at radius 3 is 2.47 bits per heavy atom. The van der Waals surface area contributed by atoms with Crippen LogP contribution in [0.5, 0.6) is 0 Å². The number of carbonyl (C=O) groups is 1. The third-order valence-electron chi connectivity index (χ3n) is 1.62. The Morgan fingerprint density at radius 2 is 2.00 bits per heavy atom. The van der Waals surface area contributed by atoms with Gasteiger partial charge in [0.05, 0.1) is 10.5 Å². The minimum atomic E-state index is -3.39. The van der Waals surface area contributed by atoms with Gasteiger partial charge in [0.15, 0.2) is 0 Å². The minimum Gasteiger partial charge on any atom is -0.288 e. The second kappa shape index (κ2) is 4.07. The van der Waals surface area contributed by atoms with E-state index in [0.717, 1.165) is 6.07 Å². The van der Waals surface area contributed by atoms with Crippen LogP contribution < -0.4 is 0 Å². The Bertz CT molecular complexity index is 420. The van der Waals surface area contributed by atoms with Crippen molar-refractivity contribution in [3.8, 4) is 0 Å². The molecule has 0 bridgehead atoms. The number of hydrogen-bond acceptors (Lipinski definition) is 3. The van der Waals surface area contributed by atoms with E-state index in [1.54, 1.807) is 0 Å². The average Bonchev–Trinajstić information content (AvgIpc) is 2.16. The van der Waals surface area contributed by atoms with Gasteiger partial charge in [0, 0.05) is 12.1 Å². The lowest BCUT2D eigenvalue weighted by atomic mass is 10.1. The summed E-state index contributed by atoms with van der Waals surface area (Å²) in [5.74, 6) is -2.97. The zero-order chi connectivity index (χ0) is 11.6. The van der Waals surface area contributed by atoms with Gasteiger partial charge in [-0.15, -0.1) is 0 Å². The summed E-state index contributed by atoms with van der Waals surface area (Å²) in [4.78, 5) is 20.1. The van der Waals surface area contributed by atoms with Crippen LogP contribution in [-0.2, 0) is 0 Å². The normalized spacial score (nSPS) is 10.4. The highest BCUT2D eigenvalue weighted by molar-refractivity contribution is 5.99. The number of nitrogens with zero attached hydrogens (tertiary/aromatic N) is 1. The van der Waals surface area contributed by atoms with Crippen LogP contribution in [0.4, 0.5) is 18.9 Å². The van der Waals surface area contributed by atoms with Crippen molar-refractivity contribution in [3.63, 3.8) is 0 Å². The molecule has 7 heteroatoms. The molecule has 0 aliphatic heterocycles. The maximum atomic E-state index is 12.9. The van der Waals surface area contributed by atoms with Gasteiger partial charge in [-0.3, -0.25) is 14.9 Å². The Labute approximate surface area is 81.5 Å². The molecule has 0 N–H and O–H groups in total. The van der Waals surface area contributed by atoms with E-state index in [9.17, 15) is 28.1 Å². The molecule has 1 rings (SSSR count). The fourth-order valence-electron chi connectivity index (χ4n) is 0.933. The topological polar surface area (TPSA) is 60.2 Å². The van der Waals surface area contributed by atoms with Crippen molar-refractivity contribution >= 4 is 11.5 Å². The third-order valence-corrected chi connectivity index (χ3v) is 1.62. The predicted octanol–water partition coefficient (Wildman–Crippen LogP) is 2.18. The van der Waals surface area contributed by atoms with E-state index in [1.165, 1.54) is 0 Å². The first kappa shape index (κ1) is 11.2. The number of alkyl halides is 2. The van der Waals surface area contributed by atoms with Gasteiger partial charge in [-0.2, -0.15) is 0 Å². The highest BCUT2D eigenvalue weighted by Gasteiger charge is 2.23. The molecule has 0 aromatic heterocycles. The van der Waals surface area contributed by atoms with Gasteiger partial charge in [0.1, 0.15) is 5.82 Å². The van der Waals surface area contributed by atoms with E-state index < -0.39 is 34.2 Å². The number of carbonyl (C=O) groups excluding carboxylic acids is 1. The Balaban J connectivity index is 3.22. The first-order valence-corrected chi connectivity index (χ1v) is 3.70. The van der Waals surface area contributed by atoms with Gasteiger partial charge < -0.3 is 0 Å². The smallest absolute Gasteiger partial charge is 0.288 e. The zero-order valence-electron chi connectivity index (χ0n) is 7.12. The number of halogens is 3. The number of Topliss-reactive ketones (excluding diaryl/α,β-unsaturated/α-hetero) is 1. The molecule has 4 nitrogen and oxygen atoms in total. The van der Waals surface area contributed by atoms with Crippen LogP contribution in [-0.4, -0.2) is 17.1 Å². The predicted molar refractivity (Wildman–Crippen MR) is 43.4 cm³/mol. The van der Waals surface area contributed by atoms with Gasteiger partial charge in [-0.25, -0.2) is 13.2 Å². The van der Waals surface area contributed by atoms with E-state index in [2.05, 4.69) is 0 Å². The van der Waals surface area contributed by atoms with Crippen LogP contribution in [0, 0.1) is 15.9 Å². The van der Waals surface area contributed by atoms with E-state index in [0.29, 0.717) is 12.1 Å². The SMILES string of the molecule is O=C(c1cc([N+](=O)[O-])ccc1F)C(F)F. The van der Waals surface area contributed by atoms with Crippen LogP contribution in [0.25, 0.3) is 0 Å². The molecule has 0 heterocycles. The molecule has 0 unspecified atom stereocenters. The molecule has 0 spiro atoms. The molecule has 15 heavy (non-hydrogen) atoms. The summed E-state index contributed by atoms with van der Waals surface area (Å²) < 4.78 is 36.7. The lowest BCUT2D eigenvalue weighted by Crippen LogP contribution is -2.12. The molecule has 0 saturated heterocycles. The maximum absolute atomic E-state index is 12.9. The molecule has 0 amide bonds. The van der Waals surface area contributed by atoms with Crippen molar-refractivity contribution in [2.45, 2.75) is 6.43 Å². The second-order valence-electron chi connectivity index (χ2n) is 2.59. The fourth-order valence-corrected chi connectivity index (χ4v) is 0.933. The van der Waals surface area contributed by atoms with Gasteiger partial charge in [0.2, 0.25) is 5.78 Å². The summed E-state index contributed by atoms with van der Waals surface area (Å²) >= 11 is 0. The monoisotopic (exact) mass is 219 g/mol. The molecule has 1 aromatic carbocycles. The highest BCUT2D eigenvalue weighted by atomic mass is 19.3. The molecule has 0 aliphatic carbocycles. The van der Waals surface area contributed by atoms with Crippen LogP contribution in [0.15, 0.2) is 18.2 Å². The lowest BCUT2D eigenvalue weighted by molar-refractivity contribution is -0.384. The molecule has 0 radical (unpaired) electrons. The Morgan fingerprint density at radius 1 is 1.40 bits per heavy atom. The summed E-state index contributed by atoms with van der Waals surface area (Å²) in [6.07, 6.45) is -3.39. The fraction of sp³-hybridized carbons (Fsp3) is 0.125. The summed E-state index contributed by atoms with van der Waals surface area (Å²) in [6.45, 7) is 0.